The van der Waals surface area contributed by atoms with Gasteiger partial charge in [0.25, 0.3) is 0 Å². The summed E-state index contributed by atoms with van der Waals surface area (Å²) in [6, 6.07) is 6.13. The van der Waals surface area contributed by atoms with E-state index in [4.69, 9.17) is 0 Å². The molecular weight excluding hydrogens is 236 g/mol. The third-order valence-corrected chi connectivity index (χ3v) is 5.37. The first-order valence-electron chi connectivity index (χ1n) is 7.02. The van der Waals surface area contributed by atoms with Gasteiger partial charge in [-0.25, -0.2) is 0 Å². The molecule has 1 aliphatic carbocycles. The van der Waals surface area contributed by atoms with E-state index >= 15 is 0 Å². The normalized spacial score (nSPS) is 22.5. The molecule has 1 amide bonds. The van der Waals surface area contributed by atoms with Crippen LogP contribution in [0.1, 0.15) is 33.3 Å². The number of hydrogen-bond donors (Lipinski definition) is 2. The van der Waals surface area contributed by atoms with Gasteiger partial charge in [0.15, 0.2) is 0 Å². The molecule has 0 aromatic heterocycles. The molecule has 0 unspecified atom stereocenters. The zero-order valence-electron chi connectivity index (χ0n) is 12.1. The zero-order chi connectivity index (χ0) is 13.8. The van der Waals surface area contributed by atoms with Gasteiger partial charge in [-0.1, -0.05) is 27.7 Å². The van der Waals surface area contributed by atoms with Crippen molar-refractivity contribution >= 4 is 17.3 Å². The highest BCUT2D eigenvalue weighted by atomic mass is 16.2. The van der Waals surface area contributed by atoms with Gasteiger partial charge >= 0.3 is 0 Å². The van der Waals surface area contributed by atoms with Gasteiger partial charge in [0, 0.05) is 23.8 Å². The predicted octanol–water partition coefficient (Wildman–Crippen LogP) is 3.28. The predicted molar refractivity (Wildman–Crippen MR) is 78.3 cm³/mol. The number of benzene rings is 1. The van der Waals surface area contributed by atoms with E-state index in [9.17, 15) is 4.79 Å². The van der Waals surface area contributed by atoms with Crippen molar-refractivity contribution < 1.29 is 4.79 Å². The Morgan fingerprint density at radius 1 is 1.26 bits per heavy atom. The van der Waals surface area contributed by atoms with Crippen LogP contribution in [0.4, 0.5) is 11.4 Å². The molecule has 1 saturated carbocycles. The maximum Gasteiger partial charge on any atom is 0.228 e. The van der Waals surface area contributed by atoms with E-state index in [2.05, 4.69) is 50.5 Å². The first-order chi connectivity index (χ1) is 8.84. The van der Waals surface area contributed by atoms with Crippen LogP contribution in [0.2, 0.25) is 0 Å². The summed E-state index contributed by atoms with van der Waals surface area (Å²) in [6.45, 7) is 9.68. The van der Waals surface area contributed by atoms with Crippen molar-refractivity contribution in [2.75, 3.05) is 17.2 Å². The van der Waals surface area contributed by atoms with E-state index in [-0.39, 0.29) is 22.7 Å². The molecule has 1 aliphatic heterocycles. The number of fused-ring (bicyclic) bond motifs is 1. The Balaban J connectivity index is 1.75. The summed E-state index contributed by atoms with van der Waals surface area (Å²) in [5, 5.41) is 6.41. The molecule has 1 fully saturated rings. The first kappa shape index (κ1) is 12.5. The van der Waals surface area contributed by atoms with Crippen LogP contribution in [0.25, 0.3) is 0 Å². The monoisotopic (exact) mass is 258 g/mol. The van der Waals surface area contributed by atoms with E-state index in [1.54, 1.807) is 0 Å². The largest absolute Gasteiger partial charge is 0.384 e. The summed E-state index contributed by atoms with van der Waals surface area (Å²) in [5.74, 6) is 0.257. The standard InChI is InChI=1S/C16H22N2O/c1-15(2)13(16(15,3)4)14(19)18-11-5-6-12-10(9-11)7-8-17-12/h5-6,9,13,17H,7-8H2,1-4H3,(H,18,19). The van der Waals surface area contributed by atoms with E-state index < -0.39 is 0 Å². The van der Waals surface area contributed by atoms with Crippen LogP contribution in [-0.2, 0) is 11.2 Å². The molecule has 1 aromatic rings. The number of anilines is 2. The molecule has 1 aromatic carbocycles. The number of carbonyl (C=O) groups is 1. The number of hydrogen-bond acceptors (Lipinski definition) is 2. The topological polar surface area (TPSA) is 41.1 Å². The Bertz CT molecular complexity index is 532. The van der Waals surface area contributed by atoms with Crippen LogP contribution in [-0.4, -0.2) is 12.5 Å². The fraction of sp³-hybridized carbons (Fsp3) is 0.562. The molecule has 0 atom stereocenters. The van der Waals surface area contributed by atoms with Crippen molar-refractivity contribution in [3.63, 3.8) is 0 Å². The summed E-state index contributed by atoms with van der Waals surface area (Å²) in [5.41, 5.74) is 3.60. The number of amides is 1. The van der Waals surface area contributed by atoms with Crippen LogP contribution in [0.15, 0.2) is 18.2 Å². The zero-order valence-corrected chi connectivity index (χ0v) is 12.1. The van der Waals surface area contributed by atoms with Crippen LogP contribution >= 0.6 is 0 Å². The van der Waals surface area contributed by atoms with Gasteiger partial charge in [-0.15, -0.1) is 0 Å². The minimum atomic E-state index is 0.0926. The van der Waals surface area contributed by atoms with Gasteiger partial charge in [0.1, 0.15) is 0 Å². The molecule has 102 valence electrons. The Morgan fingerprint density at radius 3 is 2.58 bits per heavy atom. The smallest absolute Gasteiger partial charge is 0.228 e. The molecule has 2 aliphatic rings. The molecule has 19 heavy (non-hydrogen) atoms. The van der Waals surface area contributed by atoms with Gasteiger partial charge in [-0.3, -0.25) is 4.79 Å². The molecule has 3 nitrogen and oxygen atoms in total. The highest BCUT2D eigenvalue weighted by Gasteiger charge is 2.68. The van der Waals surface area contributed by atoms with Crippen LogP contribution in [0.5, 0.6) is 0 Å². The van der Waals surface area contributed by atoms with Crippen molar-refractivity contribution in [2.24, 2.45) is 16.7 Å². The molecule has 0 saturated heterocycles. The third-order valence-electron chi connectivity index (χ3n) is 5.37. The summed E-state index contributed by atoms with van der Waals surface area (Å²) in [6.07, 6.45) is 1.04. The second-order valence-electron chi connectivity index (χ2n) is 6.91. The second kappa shape index (κ2) is 3.75. The highest BCUT2D eigenvalue weighted by Crippen LogP contribution is 2.68. The first-order valence-corrected chi connectivity index (χ1v) is 7.02. The van der Waals surface area contributed by atoms with Crippen molar-refractivity contribution in [1.82, 2.24) is 0 Å². The molecule has 2 N–H and O–H groups in total. The van der Waals surface area contributed by atoms with Crippen molar-refractivity contribution in [2.45, 2.75) is 34.1 Å². The minimum Gasteiger partial charge on any atom is -0.384 e. The van der Waals surface area contributed by atoms with Crippen molar-refractivity contribution in [3.05, 3.63) is 23.8 Å². The summed E-state index contributed by atoms with van der Waals surface area (Å²) in [7, 11) is 0. The lowest BCUT2D eigenvalue weighted by Gasteiger charge is -2.08. The maximum absolute atomic E-state index is 12.4. The van der Waals surface area contributed by atoms with Gasteiger partial charge < -0.3 is 10.6 Å². The molecule has 0 spiro atoms. The molecule has 1 heterocycles. The summed E-state index contributed by atoms with van der Waals surface area (Å²) in [4.78, 5) is 12.4. The third kappa shape index (κ3) is 1.75. The Kier molecular flexibility index (Phi) is 2.47. The lowest BCUT2D eigenvalue weighted by Crippen LogP contribution is -2.17. The van der Waals surface area contributed by atoms with E-state index in [0.29, 0.717) is 0 Å². The molecule has 3 heteroatoms. The Hall–Kier alpha value is -1.51. The van der Waals surface area contributed by atoms with Gasteiger partial charge in [-0.2, -0.15) is 0 Å². The fourth-order valence-electron chi connectivity index (χ4n) is 3.45. The number of carbonyl (C=O) groups excluding carboxylic acids is 1. The second-order valence-corrected chi connectivity index (χ2v) is 6.91. The fourth-order valence-corrected chi connectivity index (χ4v) is 3.45. The van der Waals surface area contributed by atoms with Gasteiger partial charge in [0.05, 0.1) is 0 Å². The Morgan fingerprint density at radius 2 is 1.95 bits per heavy atom. The van der Waals surface area contributed by atoms with Gasteiger partial charge in [-0.05, 0) is 41.0 Å². The van der Waals surface area contributed by atoms with E-state index in [1.165, 1.54) is 11.3 Å². The van der Waals surface area contributed by atoms with Gasteiger partial charge in [0.2, 0.25) is 5.91 Å². The SMILES string of the molecule is CC1(C)C(C(=O)Nc2ccc3c(c2)CCN3)C1(C)C. The molecule has 0 radical (unpaired) electrons. The average Bonchev–Trinajstić information content (AvgIpc) is 2.67. The lowest BCUT2D eigenvalue weighted by atomic mass is 10.0. The highest BCUT2D eigenvalue weighted by molar-refractivity contribution is 5.96. The molecule has 0 bridgehead atoms. The van der Waals surface area contributed by atoms with E-state index in [0.717, 1.165) is 18.7 Å². The number of nitrogens with one attached hydrogen (secondary N) is 2. The van der Waals surface area contributed by atoms with Crippen LogP contribution in [0, 0.1) is 16.7 Å². The van der Waals surface area contributed by atoms with Crippen molar-refractivity contribution in [3.8, 4) is 0 Å². The molecular formula is C16H22N2O. The van der Waals surface area contributed by atoms with Crippen molar-refractivity contribution in [1.29, 1.82) is 0 Å². The summed E-state index contributed by atoms with van der Waals surface area (Å²) < 4.78 is 0. The number of rotatable bonds is 2. The molecule has 3 rings (SSSR count). The van der Waals surface area contributed by atoms with E-state index in [1.807, 2.05) is 6.07 Å². The average molecular weight is 258 g/mol. The summed E-state index contributed by atoms with van der Waals surface area (Å²) >= 11 is 0. The van der Waals surface area contributed by atoms with Crippen LogP contribution < -0.4 is 10.6 Å². The lowest BCUT2D eigenvalue weighted by molar-refractivity contribution is -0.118. The quantitative estimate of drug-likeness (QED) is 0.854. The van der Waals surface area contributed by atoms with Crippen LogP contribution in [0.3, 0.4) is 0 Å². The maximum atomic E-state index is 12.4. The minimum absolute atomic E-state index is 0.0926. The Labute approximate surface area is 114 Å².